The Bertz CT molecular complexity index is 185. The van der Waals surface area contributed by atoms with Crippen LogP contribution in [-0.2, 0) is 0 Å². The highest BCUT2D eigenvalue weighted by molar-refractivity contribution is 4.89. The SMILES string of the molecule is CCC(C)c1nc[c]nn1. The highest BCUT2D eigenvalue weighted by atomic mass is 15.1. The van der Waals surface area contributed by atoms with Gasteiger partial charge in [0.2, 0.25) is 0 Å². The van der Waals surface area contributed by atoms with Gasteiger partial charge in [-0.15, -0.1) is 10.2 Å². The zero-order chi connectivity index (χ0) is 7.40. The number of nitrogens with zero attached hydrogens (tertiary/aromatic N) is 3. The van der Waals surface area contributed by atoms with Crippen molar-refractivity contribution in [3.63, 3.8) is 0 Å². The molecule has 0 aromatic carbocycles. The van der Waals surface area contributed by atoms with E-state index in [4.69, 9.17) is 0 Å². The molecule has 1 radical (unpaired) electrons. The highest BCUT2D eigenvalue weighted by Gasteiger charge is 2.03. The third kappa shape index (κ3) is 1.50. The predicted molar refractivity (Wildman–Crippen MR) is 37.4 cm³/mol. The fraction of sp³-hybridized carbons (Fsp3) is 0.571. The molecule has 1 aromatic rings. The second kappa shape index (κ2) is 3.25. The lowest BCUT2D eigenvalue weighted by atomic mass is 10.1. The van der Waals surface area contributed by atoms with Gasteiger partial charge in [0, 0.05) is 5.92 Å². The van der Waals surface area contributed by atoms with Crippen molar-refractivity contribution < 1.29 is 0 Å². The van der Waals surface area contributed by atoms with Crippen LogP contribution < -0.4 is 0 Å². The van der Waals surface area contributed by atoms with Gasteiger partial charge in [-0.1, -0.05) is 13.8 Å². The summed E-state index contributed by atoms with van der Waals surface area (Å²) in [6.45, 7) is 4.18. The second-order valence-corrected chi connectivity index (χ2v) is 2.25. The summed E-state index contributed by atoms with van der Waals surface area (Å²) in [4.78, 5) is 4.02. The Hall–Kier alpha value is -0.990. The van der Waals surface area contributed by atoms with Gasteiger partial charge in [0.25, 0.3) is 0 Å². The summed E-state index contributed by atoms with van der Waals surface area (Å²) in [5.74, 6) is 1.21. The predicted octanol–water partition coefficient (Wildman–Crippen LogP) is 1.19. The lowest BCUT2D eigenvalue weighted by molar-refractivity contribution is 0.656. The normalized spacial score (nSPS) is 13.0. The van der Waals surface area contributed by atoms with Gasteiger partial charge < -0.3 is 0 Å². The Labute approximate surface area is 60.5 Å². The number of hydrogen-bond donors (Lipinski definition) is 0. The van der Waals surface area contributed by atoms with Crippen LogP contribution in [0, 0.1) is 6.20 Å². The monoisotopic (exact) mass is 136 g/mol. The van der Waals surface area contributed by atoms with Gasteiger partial charge in [0.1, 0.15) is 6.20 Å². The smallest absolute Gasteiger partial charge is 0.153 e. The van der Waals surface area contributed by atoms with E-state index in [1.807, 2.05) is 0 Å². The maximum Gasteiger partial charge on any atom is 0.153 e. The first-order valence-corrected chi connectivity index (χ1v) is 3.40. The summed E-state index contributed by atoms with van der Waals surface area (Å²) in [6, 6.07) is 0. The molecule has 3 heteroatoms. The van der Waals surface area contributed by atoms with Crippen molar-refractivity contribution in [2.24, 2.45) is 0 Å². The molecule has 0 bridgehead atoms. The molecule has 0 aliphatic rings. The van der Waals surface area contributed by atoms with E-state index in [9.17, 15) is 0 Å². The quantitative estimate of drug-likeness (QED) is 0.613. The van der Waals surface area contributed by atoms with Crippen LogP contribution in [0.2, 0.25) is 0 Å². The van der Waals surface area contributed by atoms with Crippen LogP contribution in [0.3, 0.4) is 0 Å². The minimum absolute atomic E-state index is 0.405. The molecule has 1 atom stereocenters. The van der Waals surface area contributed by atoms with E-state index < -0.39 is 0 Å². The molecule has 0 saturated carbocycles. The molecule has 1 aromatic heterocycles. The summed E-state index contributed by atoms with van der Waals surface area (Å²) in [5, 5.41) is 7.45. The first kappa shape index (κ1) is 7.12. The van der Waals surface area contributed by atoms with Gasteiger partial charge in [0.05, 0.1) is 6.20 Å². The zero-order valence-electron chi connectivity index (χ0n) is 6.20. The minimum atomic E-state index is 0.405. The van der Waals surface area contributed by atoms with Crippen molar-refractivity contribution in [2.45, 2.75) is 26.2 Å². The average Bonchev–Trinajstić information content (AvgIpc) is 2.05. The first-order valence-electron chi connectivity index (χ1n) is 3.40. The minimum Gasteiger partial charge on any atom is -0.237 e. The summed E-state index contributed by atoms with van der Waals surface area (Å²) < 4.78 is 0. The highest BCUT2D eigenvalue weighted by Crippen LogP contribution is 2.10. The molecule has 1 unspecified atom stereocenters. The van der Waals surface area contributed by atoms with Gasteiger partial charge in [-0.2, -0.15) is 0 Å². The summed E-state index contributed by atoms with van der Waals surface area (Å²) in [6.07, 6.45) is 5.14. The van der Waals surface area contributed by atoms with Crippen LogP contribution in [0.4, 0.5) is 0 Å². The van der Waals surface area contributed by atoms with E-state index >= 15 is 0 Å². The van der Waals surface area contributed by atoms with E-state index in [-0.39, 0.29) is 0 Å². The Morgan fingerprint density at radius 1 is 1.70 bits per heavy atom. The van der Waals surface area contributed by atoms with Gasteiger partial charge in [-0.05, 0) is 6.42 Å². The van der Waals surface area contributed by atoms with Gasteiger partial charge in [-0.25, -0.2) is 4.98 Å². The first-order chi connectivity index (χ1) is 4.84. The van der Waals surface area contributed by atoms with Gasteiger partial charge in [0.15, 0.2) is 5.82 Å². The molecule has 0 amide bonds. The molecular weight excluding hydrogens is 126 g/mol. The molecule has 3 nitrogen and oxygen atoms in total. The molecule has 0 fully saturated rings. The van der Waals surface area contributed by atoms with Crippen molar-refractivity contribution in [3.05, 3.63) is 18.2 Å². The maximum absolute atomic E-state index is 4.02. The molecule has 0 aliphatic carbocycles. The van der Waals surface area contributed by atoms with Gasteiger partial charge in [-0.3, -0.25) is 0 Å². The Kier molecular flexibility index (Phi) is 2.31. The molecule has 10 heavy (non-hydrogen) atoms. The van der Waals surface area contributed by atoms with E-state index in [0.717, 1.165) is 12.2 Å². The molecule has 0 spiro atoms. The molecule has 0 saturated heterocycles. The van der Waals surface area contributed by atoms with E-state index in [2.05, 4.69) is 35.2 Å². The second-order valence-electron chi connectivity index (χ2n) is 2.25. The van der Waals surface area contributed by atoms with E-state index in [1.165, 1.54) is 0 Å². The average molecular weight is 136 g/mol. The van der Waals surface area contributed by atoms with Crippen LogP contribution in [0.1, 0.15) is 32.0 Å². The summed E-state index contributed by atoms with van der Waals surface area (Å²) >= 11 is 0. The van der Waals surface area contributed by atoms with E-state index in [0.29, 0.717) is 5.92 Å². The van der Waals surface area contributed by atoms with Crippen molar-refractivity contribution >= 4 is 0 Å². The van der Waals surface area contributed by atoms with Crippen molar-refractivity contribution in [1.82, 2.24) is 15.2 Å². The summed E-state index contributed by atoms with van der Waals surface area (Å²) in [5.41, 5.74) is 0. The van der Waals surface area contributed by atoms with Crippen LogP contribution in [-0.4, -0.2) is 15.2 Å². The third-order valence-electron chi connectivity index (χ3n) is 1.52. The molecule has 1 rings (SSSR count). The van der Waals surface area contributed by atoms with Crippen molar-refractivity contribution in [1.29, 1.82) is 0 Å². The Morgan fingerprint density at radius 3 is 3.00 bits per heavy atom. The molecular formula is C7H10N3. The molecule has 1 heterocycles. The van der Waals surface area contributed by atoms with Crippen LogP contribution >= 0.6 is 0 Å². The molecule has 0 N–H and O–H groups in total. The van der Waals surface area contributed by atoms with Crippen molar-refractivity contribution in [2.75, 3.05) is 0 Å². The van der Waals surface area contributed by atoms with Crippen LogP contribution in [0.25, 0.3) is 0 Å². The Morgan fingerprint density at radius 2 is 2.50 bits per heavy atom. The number of rotatable bonds is 2. The standard InChI is InChI=1S/C7H10N3/c1-3-6(2)7-8-4-5-9-10-7/h4,6H,3H2,1-2H3. The molecule has 0 aliphatic heterocycles. The fourth-order valence-electron chi connectivity index (χ4n) is 0.635. The third-order valence-corrected chi connectivity index (χ3v) is 1.52. The number of hydrogen-bond acceptors (Lipinski definition) is 3. The van der Waals surface area contributed by atoms with Crippen molar-refractivity contribution in [3.8, 4) is 0 Å². The lowest BCUT2D eigenvalue weighted by Crippen LogP contribution is -1.99. The topological polar surface area (TPSA) is 38.7 Å². The fourth-order valence-corrected chi connectivity index (χ4v) is 0.635. The zero-order valence-corrected chi connectivity index (χ0v) is 6.20. The van der Waals surface area contributed by atoms with Gasteiger partial charge >= 0.3 is 0 Å². The van der Waals surface area contributed by atoms with Crippen LogP contribution in [0.15, 0.2) is 6.20 Å². The van der Waals surface area contributed by atoms with E-state index in [1.54, 1.807) is 6.20 Å². The molecule has 53 valence electrons. The van der Waals surface area contributed by atoms with Crippen LogP contribution in [0.5, 0.6) is 0 Å². The lowest BCUT2D eigenvalue weighted by Gasteiger charge is -2.02. The largest absolute Gasteiger partial charge is 0.237 e. The summed E-state index contributed by atoms with van der Waals surface area (Å²) in [7, 11) is 0. The Balaban J connectivity index is 2.75. The maximum atomic E-state index is 4.02. The number of aromatic nitrogens is 3.